The van der Waals surface area contributed by atoms with Crippen LogP contribution in [0.4, 0.5) is 4.79 Å². The first-order chi connectivity index (χ1) is 9.15. The van der Waals surface area contributed by atoms with E-state index in [0.717, 1.165) is 5.56 Å². The Bertz CT molecular complexity index is 428. The van der Waals surface area contributed by atoms with Crippen molar-refractivity contribution in [1.82, 2.24) is 0 Å². The first-order valence-electron chi connectivity index (χ1n) is 6.16. The van der Waals surface area contributed by atoms with E-state index in [1.54, 1.807) is 0 Å². The fraction of sp³-hybridized carbons (Fsp3) is 0.429. The van der Waals surface area contributed by atoms with Crippen molar-refractivity contribution in [1.29, 1.82) is 5.26 Å². The van der Waals surface area contributed by atoms with E-state index in [9.17, 15) is 4.79 Å². The van der Waals surface area contributed by atoms with Crippen molar-refractivity contribution < 1.29 is 14.6 Å². The summed E-state index contributed by atoms with van der Waals surface area (Å²) < 4.78 is 4.72. The van der Waals surface area contributed by atoms with Gasteiger partial charge in [-0.25, -0.2) is 4.79 Å². The van der Waals surface area contributed by atoms with E-state index >= 15 is 0 Å². The molecule has 1 aromatic carbocycles. The van der Waals surface area contributed by atoms with Crippen molar-refractivity contribution in [2.45, 2.75) is 25.4 Å². The number of nitrogens with zero attached hydrogens (tertiary/aromatic N) is 1. The van der Waals surface area contributed by atoms with E-state index in [0.29, 0.717) is 19.3 Å². The van der Waals surface area contributed by atoms with Gasteiger partial charge >= 0.3 is 6.09 Å². The Morgan fingerprint density at radius 1 is 1.37 bits per heavy atom. The molecule has 3 N–H and O–H groups in total. The number of carbonyl (C=O) groups is 1. The summed E-state index contributed by atoms with van der Waals surface area (Å²) in [5, 5.41) is 18.1. The lowest BCUT2D eigenvalue weighted by Gasteiger charge is -2.15. The standard InChI is InChI=1S/C14H18N2O3/c15-9-12(8-11-4-2-1-3-5-11)6-7-13(10-17)19-14(16)18/h1-5,12-13,17H,6-8,10H2,(H2,16,18). The Balaban J connectivity index is 2.44. The quantitative estimate of drug-likeness (QED) is 0.780. The normalized spacial score (nSPS) is 13.3. The van der Waals surface area contributed by atoms with Crippen molar-refractivity contribution in [3.05, 3.63) is 35.9 Å². The summed E-state index contributed by atoms with van der Waals surface area (Å²) >= 11 is 0. The molecule has 1 aromatic rings. The number of hydrogen-bond donors (Lipinski definition) is 2. The molecule has 0 fully saturated rings. The number of rotatable bonds is 7. The lowest BCUT2D eigenvalue weighted by atomic mass is 9.95. The molecule has 0 bridgehead atoms. The summed E-state index contributed by atoms with van der Waals surface area (Å²) in [6.45, 7) is -0.285. The smallest absolute Gasteiger partial charge is 0.404 e. The highest BCUT2D eigenvalue weighted by atomic mass is 16.6. The van der Waals surface area contributed by atoms with E-state index in [-0.39, 0.29) is 12.5 Å². The number of amides is 1. The number of carbonyl (C=O) groups excluding carboxylic acids is 1. The lowest BCUT2D eigenvalue weighted by Crippen LogP contribution is -2.26. The molecule has 0 aliphatic heterocycles. The second kappa shape index (κ2) is 8.11. The van der Waals surface area contributed by atoms with Crippen molar-refractivity contribution in [2.75, 3.05) is 6.61 Å². The van der Waals surface area contributed by atoms with Gasteiger partial charge in [0.1, 0.15) is 6.10 Å². The van der Waals surface area contributed by atoms with E-state index in [1.165, 1.54) is 0 Å². The molecule has 0 saturated heterocycles. The van der Waals surface area contributed by atoms with Crippen molar-refractivity contribution in [2.24, 2.45) is 11.7 Å². The van der Waals surface area contributed by atoms with Crippen molar-refractivity contribution in [3.8, 4) is 6.07 Å². The SMILES string of the molecule is N#CC(CCC(CO)OC(N)=O)Cc1ccccc1. The largest absolute Gasteiger partial charge is 0.444 e. The van der Waals surface area contributed by atoms with E-state index in [1.807, 2.05) is 30.3 Å². The van der Waals surface area contributed by atoms with Crippen molar-refractivity contribution in [3.63, 3.8) is 0 Å². The van der Waals surface area contributed by atoms with Gasteiger partial charge in [0.2, 0.25) is 0 Å². The van der Waals surface area contributed by atoms with Crippen molar-refractivity contribution >= 4 is 6.09 Å². The van der Waals surface area contributed by atoms with E-state index in [4.69, 9.17) is 20.8 Å². The number of aliphatic hydroxyl groups excluding tert-OH is 1. The lowest BCUT2D eigenvalue weighted by molar-refractivity contribution is 0.0558. The molecule has 2 atom stereocenters. The first-order valence-corrected chi connectivity index (χ1v) is 6.16. The number of aliphatic hydroxyl groups is 1. The number of hydrogen-bond acceptors (Lipinski definition) is 4. The Kier molecular flexibility index (Phi) is 6.41. The summed E-state index contributed by atoms with van der Waals surface area (Å²) in [6, 6.07) is 11.9. The molecule has 0 aromatic heterocycles. The van der Waals surface area contributed by atoms with Crippen LogP contribution in [0.15, 0.2) is 30.3 Å². The van der Waals surface area contributed by atoms with Gasteiger partial charge in [0.05, 0.1) is 18.6 Å². The van der Waals surface area contributed by atoms with Gasteiger partial charge in [-0.2, -0.15) is 5.26 Å². The number of benzene rings is 1. The van der Waals surface area contributed by atoms with Gasteiger partial charge in [-0.15, -0.1) is 0 Å². The molecule has 1 rings (SSSR count). The number of nitrogens with two attached hydrogens (primary N) is 1. The zero-order chi connectivity index (χ0) is 14.1. The Labute approximate surface area is 112 Å². The Hall–Kier alpha value is -2.06. The predicted octanol–water partition coefficient (Wildman–Crippen LogP) is 1.61. The third kappa shape index (κ3) is 5.89. The molecule has 0 aliphatic carbocycles. The highest BCUT2D eigenvalue weighted by Crippen LogP contribution is 2.15. The minimum absolute atomic E-state index is 0.173. The van der Waals surface area contributed by atoms with Gasteiger partial charge in [0.15, 0.2) is 0 Å². The molecule has 5 heteroatoms. The van der Waals surface area contributed by atoms with Crippen LogP contribution in [-0.2, 0) is 11.2 Å². The minimum Gasteiger partial charge on any atom is -0.444 e. The first kappa shape index (κ1) is 15.0. The molecule has 102 valence electrons. The van der Waals surface area contributed by atoms with E-state index in [2.05, 4.69) is 6.07 Å². The molecule has 0 aliphatic rings. The molecular weight excluding hydrogens is 244 g/mol. The molecule has 1 amide bonds. The minimum atomic E-state index is -0.907. The molecule has 2 unspecified atom stereocenters. The second-order valence-corrected chi connectivity index (χ2v) is 4.33. The molecule has 0 saturated carbocycles. The second-order valence-electron chi connectivity index (χ2n) is 4.33. The van der Waals surface area contributed by atoms with Crippen LogP contribution >= 0.6 is 0 Å². The van der Waals surface area contributed by atoms with Gasteiger partial charge in [-0.1, -0.05) is 30.3 Å². The molecule has 0 spiro atoms. The van der Waals surface area contributed by atoms with Crippen LogP contribution in [-0.4, -0.2) is 23.9 Å². The molecule has 19 heavy (non-hydrogen) atoms. The monoisotopic (exact) mass is 262 g/mol. The third-order valence-electron chi connectivity index (χ3n) is 2.83. The van der Waals surface area contributed by atoms with Crippen LogP contribution in [0.5, 0.6) is 0 Å². The third-order valence-corrected chi connectivity index (χ3v) is 2.83. The Morgan fingerprint density at radius 3 is 2.58 bits per heavy atom. The average Bonchev–Trinajstić information content (AvgIpc) is 2.42. The average molecular weight is 262 g/mol. The fourth-order valence-corrected chi connectivity index (χ4v) is 1.85. The van der Waals surface area contributed by atoms with Crippen LogP contribution in [0, 0.1) is 17.2 Å². The number of primary amides is 1. The molecule has 0 radical (unpaired) electrons. The highest BCUT2D eigenvalue weighted by molar-refractivity contribution is 5.64. The maximum atomic E-state index is 10.6. The van der Waals surface area contributed by atoms with Crippen LogP contribution in [0.25, 0.3) is 0 Å². The highest BCUT2D eigenvalue weighted by Gasteiger charge is 2.15. The predicted molar refractivity (Wildman–Crippen MR) is 70.0 cm³/mol. The van der Waals surface area contributed by atoms with Gasteiger partial charge in [0.25, 0.3) is 0 Å². The summed E-state index contributed by atoms with van der Waals surface area (Å²) in [5.41, 5.74) is 5.98. The van der Waals surface area contributed by atoms with Gasteiger partial charge in [-0.3, -0.25) is 0 Å². The van der Waals surface area contributed by atoms with E-state index < -0.39 is 12.2 Å². The number of nitriles is 1. The van der Waals surface area contributed by atoms with Crippen LogP contribution < -0.4 is 5.73 Å². The van der Waals surface area contributed by atoms with Crippen LogP contribution in [0.1, 0.15) is 18.4 Å². The zero-order valence-corrected chi connectivity index (χ0v) is 10.7. The zero-order valence-electron chi connectivity index (χ0n) is 10.7. The van der Waals surface area contributed by atoms with Gasteiger partial charge in [0, 0.05) is 0 Å². The fourth-order valence-electron chi connectivity index (χ4n) is 1.85. The maximum Gasteiger partial charge on any atom is 0.404 e. The summed E-state index contributed by atoms with van der Waals surface area (Å²) in [7, 11) is 0. The number of ether oxygens (including phenoxy) is 1. The summed E-state index contributed by atoms with van der Waals surface area (Å²) in [5.74, 6) is -0.173. The van der Waals surface area contributed by atoms with Crippen LogP contribution in [0.2, 0.25) is 0 Å². The molecular formula is C14H18N2O3. The topological polar surface area (TPSA) is 96.3 Å². The summed E-state index contributed by atoms with van der Waals surface area (Å²) in [4.78, 5) is 10.6. The molecule has 5 nitrogen and oxygen atoms in total. The molecule has 0 heterocycles. The van der Waals surface area contributed by atoms with Gasteiger partial charge in [-0.05, 0) is 24.8 Å². The Morgan fingerprint density at radius 2 is 2.05 bits per heavy atom. The summed E-state index contributed by atoms with van der Waals surface area (Å²) in [6.07, 6.45) is 0.0697. The van der Waals surface area contributed by atoms with Crippen LogP contribution in [0.3, 0.4) is 0 Å². The van der Waals surface area contributed by atoms with Gasteiger partial charge < -0.3 is 15.6 Å². The maximum absolute atomic E-state index is 10.6.